The van der Waals surface area contributed by atoms with Gasteiger partial charge in [0.25, 0.3) is 5.69 Å². The number of rotatable bonds is 5. The number of nitro groups is 1. The number of carbonyl (C=O) groups excluding carboxylic acids is 2. The molecular formula is C17H14ClN3O4. The van der Waals surface area contributed by atoms with Gasteiger partial charge in [-0.15, -0.1) is 0 Å². The lowest BCUT2D eigenvalue weighted by Gasteiger charge is -2.08. The van der Waals surface area contributed by atoms with E-state index in [0.717, 1.165) is 0 Å². The van der Waals surface area contributed by atoms with Gasteiger partial charge in [0.2, 0.25) is 11.8 Å². The Morgan fingerprint density at radius 3 is 2.56 bits per heavy atom. The molecule has 0 bridgehead atoms. The number of nitro benzene ring substituents is 1. The van der Waals surface area contributed by atoms with Gasteiger partial charge in [0, 0.05) is 24.8 Å². The first kappa shape index (κ1) is 18.2. The third kappa shape index (κ3) is 5.15. The Kier molecular flexibility index (Phi) is 5.86. The summed E-state index contributed by atoms with van der Waals surface area (Å²) in [6.07, 6.45) is 2.52. The first-order valence-electron chi connectivity index (χ1n) is 7.16. The van der Waals surface area contributed by atoms with Crippen LogP contribution in [0.4, 0.5) is 17.1 Å². The third-order valence-electron chi connectivity index (χ3n) is 3.09. The van der Waals surface area contributed by atoms with Gasteiger partial charge in [0.1, 0.15) is 0 Å². The average molecular weight is 360 g/mol. The number of halogens is 1. The van der Waals surface area contributed by atoms with Crippen LogP contribution in [0, 0.1) is 10.1 Å². The van der Waals surface area contributed by atoms with Crippen LogP contribution in [0.15, 0.2) is 48.5 Å². The minimum Gasteiger partial charge on any atom is -0.326 e. The number of carbonyl (C=O) groups is 2. The Labute approximate surface area is 148 Å². The number of anilines is 2. The van der Waals surface area contributed by atoms with Crippen LogP contribution in [0.1, 0.15) is 12.5 Å². The molecule has 0 aliphatic rings. The molecule has 0 aliphatic heterocycles. The van der Waals surface area contributed by atoms with Crippen LogP contribution in [-0.4, -0.2) is 16.7 Å². The van der Waals surface area contributed by atoms with Gasteiger partial charge in [-0.05, 0) is 30.3 Å². The van der Waals surface area contributed by atoms with Gasteiger partial charge in [-0.2, -0.15) is 0 Å². The standard InChI is InChI=1S/C17H14ClN3O4/c1-11(22)19-13-7-8-14(18)15(10-13)20-17(23)9-6-12-4-2-3-5-16(12)21(24)25/h2-10H,1H3,(H,19,22)(H,20,23). The van der Waals surface area contributed by atoms with E-state index in [1.54, 1.807) is 18.2 Å². The summed E-state index contributed by atoms with van der Waals surface area (Å²) in [6.45, 7) is 1.36. The van der Waals surface area contributed by atoms with Crippen molar-refractivity contribution in [3.05, 3.63) is 69.2 Å². The van der Waals surface area contributed by atoms with E-state index in [9.17, 15) is 19.7 Å². The monoisotopic (exact) mass is 359 g/mol. The largest absolute Gasteiger partial charge is 0.326 e. The van der Waals surface area contributed by atoms with Crippen molar-refractivity contribution >= 4 is 46.6 Å². The summed E-state index contributed by atoms with van der Waals surface area (Å²) >= 11 is 6.02. The fraction of sp³-hybridized carbons (Fsp3) is 0.0588. The van der Waals surface area contributed by atoms with Gasteiger partial charge in [-0.25, -0.2) is 0 Å². The summed E-state index contributed by atoms with van der Waals surface area (Å²) in [6, 6.07) is 10.7. The first-order chi connectivity index (χ1) is 11.9. The number of hydrogen-bond donors (Lipinski definition) is 2. The van der Waals surface area contributed by atoms with E-state index in [1.807, 2.05) is 0 Å². The van der Waals surface area contributed by atoms with E-state index in [4.69, 9.17) is 11.6 Å². The van der Waals surface area contributed by atoms with E-state index < -0.39 is 10.8 Å². The van der Waals surface area contributed by atoms with Crippen LogP contribution in [0.25, 0.3) is 6.08 Å². The van der Waals surface area contributed by atoms with Gasteiger partial charge < -0.3 is 10.6 Å². The minimum absolute atomic E-state index is 0.0998. The molecule has 0 spiro atoms. The Morgan fingerprint density at radius 2 is 1.88 bits per heavy atom. The van der Waals surface area contributed by atoms with Gasteiger partial charge in [0.15, 0.2) is 0 Å². The van der Waals surface area contributed by atoms with Crippen molar-refractivity contribution in [2.75, 3.05) is 10.6 Å². The van der Waals surface area contributed by atoms with E-state index in [2.05, 4.69) is 10.6 Å². The second-order valence-corrected chi connectivity index (χ2v) is 5.42. The molecule has 8 heteroatoms. The Balaban J connectivity index is 2.15. The molecule has 0 saturated heterocycles. The topological polar surface area (TPSA) is 101 Å². The SMILES string of the molecule is CC(=O)Nc1ccc(Cl)c(NC(=O)C=Cc2ccccc2[N+](=O)[O-])c1. The molecule has 0 aromatic heterocycles. The zero-order chi connectivity index (χ0) is 18.4. The van der Waals surface area contributed by atoms with E-state index in [-0.39, 0.29) is 11.6 Å². The highest BCUT2D eigenvalue weighted by atomic mass is 35.5. The maximum absolute atomic E-state index is 12.0. The molecule has 0 aliphatic carbocycles. The van der Waals surface area contributed by atoms with E-state index >= 15 is 0 Å². The molecule has 0 atom stereocenters. The lowest BCUT2D eigenvalue weighted by atomic mass is 10.1. The quantitative estimate of drug-likeness (QED) is 0.480. The van der Waals surface area contributed by atoms with Crippen molar-refractivity contribution in [2.45, 2.75) is 6.92 Å². The van der Waals surface area contributed by atoms with Gasteiger partial charge in [-0.3, -0.25) is 19.7 Å². The normalized spacial score (nSPS) is 10.5. The summed E-state index contributed by atoms with van der Waals surface area (Å²) in [7, 11) is 0. The number of nitrogens with one attached hydrogen (secondary N) is 2. The number of benzene rings is 2. The molecule has 0 unspecified atom stereocenters. The fourth-order valence-electron chi connectivity index (χ4n) is 2.04. The van der Waals surface area contributed by atoms with Gasteiger partial charge >= 0.3 is 0 Å². The second-order valence-electron chi connectivity index (χ2n) is 5.01. The van der Waals surface area contributed by atoms with Crippen LogP contribution in [0.2, 0.25) is 5.02 Å². The highest BCUT2D eigenvalue weighted by Gasteiger charge is 2.10. The van der Waals surface area contributed by atoms with Crippen LogP contribution in [-0.2, 0) is 9.59 Å². The average Bonchev–Trinajstić information content (AvgIpc) is 2.55. The minimum atomic E-state index is -0.522. The zero-order valence-corrected chi connectivity index (χ0v) is 13.9. The Hall–Kier alpha value is -3.19. The lowest BCUT2D eigenvalue weighted by molar-refractivity contribution is -0.385. The van der Waals surface area contributed by atoms with Crippen molar-refractivity contribution in [2.24, 2.45) is 0 Å². The van der Waals surface area contributed by atoms with Crippen LogP contribution in [0.3, 0.4) is 0 Å². The number of amides is 2. The second kappa shape index (κ2) is 8.07. The summed E-state index contributed by atoms with van der Waals surface area (Å²) in [5.41, 5.74) is 0.998. The Bertz CT molecular complexity index is 865. The summed E-state index contributed by atoms with van der Waals surface area (Å²) in [5, 5.41) is 16.4. The molecule has 7 nitrogen and oxygen atoms in total. The molecule has 0 fully saturated rings. The van der Waals surface area contributed by atoms with Crippen molar-refractivity contribution in [3.8, 4) is 0 Å². The highest BCUT2D eigenvalue weighted by Crippen LogP contribution is 2.26. The van der Waals surface area contributed by atoms with E-state index in [0.29, 0.717) is 22.0 Å². The molecule has 25 heavy (non-hydrogen) atoms. The van der Waals surface area contributed by atoms with Crippen molar-refractivity contribution < 1.29 is 14.5 Å². The maximum Gasteiger partial charge on any atom is 0.276 e. The maximum atomic E-state index is 12.0. The number of nitrogens with zero attached hydrogens (tertiary/aromatic N) is 1. The molecule has 2 rings (SSSR count). The number of para-hydroxylation sites is 1. The first-order valence-corrected chi connectivity index (χ1v) is 7.54. The molecule has 128 valence electrons. The predicted octanol–water partition coefficient (Wildman–Crippen LogP) is 3.86. The van der Waals surface area contributed by atoms with Crippen LogP contribution in [0.5, 0.6) is 0 Å². The smallest absolute Gasteiger partial charge is 0.276 e. The molecule has 2 N–H and O–H groups in total. The summed E-state index contributed by atoms with van der Waals surface area (Å²) in [4.78, 5) is 33.5. The lowest BCUT2D eigenvalue weighted by Crippen LogP contribution is -2.10. The van der Waals surface area contributed by atoms with Crippen molar-refractivity contribution in [1.82, 2.24) is 0 Å². The number of hydrogen-bond acceptors (Lipinski definition) is 4. The predicted molar refractivity (Wildman–Crippen MR) is 96.5 cm³/mol. The van der Waals surface area contributed by atoms with Crippen molar-refractivity contribution in [3.63, 3.8) is 0 Å². The zero-order valence-electron chi connectivity index (χ0n) is 13.2. The van der Waals surface area contributed by atoms with Crippen molar-refractivity contribution in [1.29, 1.82) is 0 Å². The van der Waals surface area contributed by atoms with Crippen LogP contribution >= 0.6 is 11.6 Å². The summed E-state index contributed by atoms with van der Waals surface area (Å²) < 4.78 is 0. The molecule has 0 heterocycles. The van der Waals surface area contributed by atoms with Gasteiger partial charge in [0.05, 0.1) is 21.2 Å². The highest BCUT2D eigenvalue weighted by molar-refractivity contribution is 6.34. The molecule has 2 aromatic carbocycles. The van der Waals surface area contributed by atoms with E-state index in [1.165, 1.54) is 43.3 Å². The molecule has 2 amide bonds. The van der Waals surface area contributed by atoms with Gasteiger partial charge in [-0.1, -0.05) is 23.7 Å². The fourth-order valence-corrected chi connectivity index (χ4v) is 2.20. The third-order valence-corrected chi connectivity index (χ3v) is 3.42. The molecule has 0 saturated carbocycles. The van der Waals surface area contributed by atoms with Crippen LogP contribution < -0.4 is 10.6 Å². The summed E-state index contributed by atoms with van der Waals surface area (Å²) in [5.74, 6) is -0.768. The molecule has 2 aromatic rings. The molecular weight excluding hydrogens is 346 g/mol. The molecule has 0 radical (unpaired) electrons. The Morgan fingerprint density at radius 1 is 1.16 bits per heavy atom.